The highest BCUT2D eigenvalue weighted by Crippen LogP contribution is 2.41. The lowest BCUT2D eigenvalue weighted by atomic mass is 9.73. The van der Waals surface area contributed by atoms with E-state index in [2.05, 4.69) is 16.7 Å². The minimum atomic E-state index is -2.81. The van der Waals surface area contributed by atoms with Gasteiger partial charge < -0.3 is 10.0 Å². The van der Waals surface area contributed by atoms with Gasteiger partial charge in [-0.05, 0) is 80.6 Å². The van der Waals surface area contributed by atoms with Crippen molar-refractivity contribution < 1.29 is 23.1 Å². The fraction of sp³-hybridized carbons (Fsp3) is 0.618. The van der Waals surface area contributed by atoms with Gasteiger partial charge in [0.1, 0.15) is 11.9 Å². The summed E-state index contributed by atoms with van der Waals surface area (Å²) in [6, 6.07) is 12.8. The normalized spacial score (nSPS) is 24.7. The summed E-state index contributed by atoms with van der Waals surface area (Å²) in [5.74, 6) is -2.76. The van der Waals surface area contributed by atoms with E-state index in [1.807, 2.05) is 13.0 Å². The highest BCUT2D eigenvalue weighted by atomic mass is 19.3. The smallest absolute Gasteiger partial charge is 0.321 e. The van der Waals surface area contributed by atoms with E-state index in [0.717, 1.165) is 56.4 Å². The molecule has 0 aromatic heterocycles. The second kappa shape index (κ2) is 12.9. The van der Waals surface area contributed by atoms with Crippen LogP contribution in [0.15, 0.2) is 48.5 Å². The molecule has 0 amide bonds. The quantitative estimate of drug-likeness (QED) is 0.307. The van der Waals surface area contributed by atoms with Crippen LogP contribution in [0.5, 0.6) is 0 Å². The average molecular weight is 571 g/mol. The Kier molecular flexibility index (Phi) is 9.44. The van der Waals surface area contributed by atoms with Gasteiger partial charge in [0.2, 0.25) is 0 Å². The molecule has 4 atom stereocenters. The second-order valence-corrected chi connectivity index (χ2v) is 13.1. The third-order valence-electron chi connectivity index (χ3n) is 10.3. The Balaban J connectivity index is 1.20. The minimum absolute atomic E-state index is 0.0621. The summed E-state index contributed by atoms with van der Waals surface area (Å²) in [6.45, 7) is 7.81. The fourth-order valence-corrected chi connectivity index (χ4v) is 7.49. The zero-order chi connectivity index (χ0) is 29.1. The van der Waals surface area contributed by atoms with Gasteiger partial charge in [0.15, 0.2) is 0 Å². The predicted octanol–water partition coefficient (Wildman–Crippen LogP) is 7.32. The van der Waals surface area contributed by atoms with Gasteiger partial charge >= 0.3 is 5.97 Å². The molecule has 2 aliphatic heterocycles. The van der Waals surface area contributed by atoms with E-state index in [1.165, 1.54) is 12.5 Å². The number of aliphatic carboxylic acids is 1. The number of hydrogen-bond acceptors (Lipinski definition) is 3. The molecule has 1 saturated carbocycles. The first-order chi connectivity index (χ1) is 19.6. The molecule has 1 aliphatic carbocycles. The molecule has 2 aromatic carbocycles. The van der Waals surface area contributed by atoms with Crippen molar-refractivity contribution >= 4 is 5.97 Å². The lowest BCUT2D eigenvalue weighted by Gasteiger charge is -2.38. The Labute approximate surface area is 242 Å². The molecule has 2 saturated heterocycles. The van der Waals surface area contributed by atoms with Crippen LogP contribution in [-0.4, -0.2) is 59.6 Å². The molecule has 0 spiro atoms. The summed E-state index contributed by atoms with van der Waals surface area (Å²) >= 11 is 0. The Morgan fingerprint density at radius 2 is 1.76 bits per heavy atom. The number of aryl methyl sites for hydroxylation is 1. The molecule has 224 valence electrons. The Morgan fingerprint density at radius 3 is 2.37 bits per heavy atom. The SMILES string of the molecule is Cc1ccc(C(F)(F)CCC2CCN(C[C@H]3CN([C@@H](C(=O)O)[C@H](C)C4CCC4)C[C@@H]3c3cccc(F)c3)CC2)cc1. The molecule has 7 heteroatoms. The van der Waals surface area contributed by atoms with E-state index in [4.69, 9.17) is 0 Å². The third-order valence-corrected chi connectivity index (χ3v) is 10.3. The van der Waals surface area contributed by atoms with Crippen molar-refractivity contribution in [1.82, 2.24) is 9.80 Å². The predicted molar refractivity (Wildman–Crippen MR) is 156 cm³/mol. The number of halogens is 3. The first-order valence-electron chi connectivity index (χ1n) is 15.5. The summed E-state index contributed by atoms with van der Waals surface area (Å²) in [4.78, 5) is 17.0. The average Bonchev–Trinajstić information content (AvgIpc) is 3.30. The summed E-state index contributed by atoms with van der Waals surface area (Å²) in [6.07, 6.45) is 5.54. The fourth-order valence-electron chi connectivity index (χ4n) is 7.49. The van der Waals surface area contributed by atoms with Crippen molar-refractivity contribution in [3.63, 3.8) is 0 Å². The van der Waals surface area contributed by atoms with E-state index in [9.17, 15) is 23.1 Å². The molecule has 4 nitrogen and oxygen atoms in total. The number of nitrogens with zero attached hydrogens (tertiary/aromatic N) is 2. The number of rotatable bonds is 11. The molecule has 3 fully saturated rings. The monoisotopic (exact) mass is 570 g/mol. The summed E-state index contributed by atoms with van der Waals surface area (Å²) in [7, 11) is 0. The molecule has 2 aromatic rings. The second-order valence-electron chi connectivity index (χ2n) is 13.1. The first kappa shape index (κ1) is 30.1. The molecular weight excluding hydrogens is 525 g/mol. The van der Waals surface area contributed by atoms with E-state index >= 15 is 0 Å². The number of carboxylic acid groups (broad SMARTS) is 1. The van der Waals surface area contributed by atoms with Crippen LogP contribution in [-0.2, 0) is 10.7 Å². The van der Waals surface area contributed by atoms with Gasteiger partial charge in [0.25, 0.3) is 5.92 Å². The van der Waals surface area contributed by atoms with Gasteiger partial charge in [-0.15, -0.1) is 0 Å². The van der Waals surface area contributed by atoms with Crippen LogP contribution in [0.4, 0.5) is 13.2 Å². The van der Waals surface area contributed by atoms with Crippen LogP contribution < -0.4 is 0 Å². The van der Waals surface area contributed by atoms with Crippen molar-refractivity contribution in [3.8, 4) is 0 Å². The number of alkyl halides is 2. The van der Waals surface area contributed by atoms with Crippen molar-refractivity contribution in [2.75, 3.05) is 32.7 Å². The first-order valence-corrected chi connectivity index (χ1v) is 15.5. The van der Waals surface area contributed by atoms with E-state index in [1.54, 1.807) is 36.4 Å². The van der Waals surface area contributed by atoms with Gasteiger partial charge in [0, 0.05) is 37.5 Å². The largest absolute Gasteiger partial charge is 0.480 e. The summed E-state index contributed by atoms with van der Waals surface area (Å²) < 4.78 is 43.9. The Morgan fingerprint density at radius 1 is 1.05 bits per heavy atom. The van der Waals surface area contributed by atoms with Crippen molar-refractivity contribution in [2.24, 2.45) is 23.7 Å². The lowest BCUT2D eigenvalue weighted by molar-refractivity contribution is -0.146. The lowest BCUT2D eigenvalue weighted by Crippen LogP contribution is -2.48. The number of hydrogen-bond donors (Lipinski definition) is 1. The van der Waals surface area contributed by atoms with Crippen LogP contribution in [0.1, 0.15) is 74.5 Å². The Bertz CT molecular complexity index is 1160. The van der Waals surface area contributed by atoms with Gasteiger partial charge in [0.05, 0.1) is 0 Å². The van der Waals surface area contributed by atoms with Crippen LogP contribution in [0.3, 0.4) is 0 Å². The summed E-state index contributed by atoms with van der Waals surface area (Å²) in [5.41, 5.74) is 2.01. The number of carboxylic acids is 1. The van der Waals surface area contributed by atoms with Gasteiger partial charge in [-0.1, -0.05) is 68.1 Å². The maximum absolute atomic E-state index is 14.8. The van der Waals surface area contributed by atoms with Crippen LogP contribution in [0.2, 0.25) is 0 Å². The van der Waals surface area contributed by atoms with Crippen LogP contribution >= 0.6 is 0 Å². The molecule has 0 bridgehead atoms. The number of piperidine rings is 1. The Hall–Kier alpha value is -2.38. The number of carbonyl (C=O) groups is 1. The van der Waals surface area contributed by atoms with Crippen molar-refractivity contribution in [1.29, 1.82) is 0 Å². The van der Waals surface area contributed by atoms with Crippen molar-refractivity contribution in [3.05, 3.63) is 71.0 Å². The third kappa shape index (κ3) is 7.16. The highest BCUT2D eigenvalue weighted by Gasteiger charge is 2.44. The highest BCUT2D eigenvalue weighted by molar-refractivity contribution is 5.74. The number of likely N-dealkylation sites (tertiary alicyclic amines) is 2. The van der Waals surface area contributed by atoms with Crippen LogP contribution in [0.25, 0.3) is 0 Å². The molecular formula is C34H45F3N2O2. The molecule has 0 unspecified atom stereocenters. The number of benzene rings is 2. The van der Waals surface area contributed by atoms with Gasteiger partial charge in [-0.2, -0.15) is 0 Å². The van der Waals surface area contributed by atoms with Gasteiger partial charge in [-0.25, -0.2) is 13.2 Å². The molecule has 41 heavy (non-hydrogen) atoms. The molecule has 1 N–H and O–H groups in total. The zero-order valence-corrected chi connectivity index (χ0v) is 24.5. The molecule has 5 rings (SSSR count). The van der Waals surface area contributed by atoms with E-state index in [-0.39, 0.29) is 41.5 Å². The molecule has 0 radical (unpaired) electrons. The molecule has 2 heterocycles. The standard InChI is InChI=1S/C34H45F3N2O2/c1-23-9-11-29(12-10-23)34(36,37)16-13-25-14-17-38(18-15-25)20-28-21-39(22-31(28)27-7-4-8-30(35)19-27)32(33(40)41)24(2)26-5-3-6-26/h4,7-12,19,24-26,28,31-32H,3,5-6,13-18,20-22H2,1-2H3,(H,40,41)/t24-,28+,31-,32-/m1/s1. The maximum atomic E-state index is 14.8. The van der Waals surface area contributed by atoms with Crippen LogP contribution in [0, 0.1) is 36.4 Å². The summed E-state index contributed by atoms with van der Waals surface area (Å²) in [5, 5.41) is 10.2. The van der Waals surface area contributed by atoms with Crippen molar-refractivity contribution in [2.45, 2.75) is 76.7 Å². The zero-order valence-electron chi connectivity index (χ0n) is 24.5. The van der Waals surface area contributed by atoms with E-state index in [0.29, 0.717) is 25.4 Å². The molecule has 3 aliphatic rings. The topological polar surface area (TPSA) is 43.8 Å². The minimum Gasteiger partial charge on any atom is -0.480 e. The maximum Gasteiger partial charge on any atom is 0.321 e. The van der Waals surface area contributed by atoms with E-state index < -0.39 is 17.9 Å². The van der Waals surface area contributed by atoms with Gasteiger partial charge in [-0.3, -0.25) is 9.69 Å².